The van der Waals surface area contributed by atoms with E-state index < -0.39 is 17.8 Å². The SMILES string of the molecule is C=CCSCC(O)C(CC1CCCCC1)NC(=O)OC(C)(C)C. The van der Waals surface area contributed by atoms with Gasteiger partial charge in [0.05, 0.1) is 12.1 Å². The Labute approximate surface area is 145 Å². The summed E-state index contributed by atoms with van der Waals surface area (Å²) in [6.07, 6.45) is 7.86. The van der Waals surface area contributed by atoms with Crippen LogP contribution in [-0.4, -0.2) is 40.5 Å². The summed E-state index contributed by atoms with van der Waals surface area (Å²) in [7, 11) is 0. The Kier molecular flexibility index (Phi) is 9.07. The molecule has 1 aliphatic carbocycles. The molecule has 2 N–H and O–H groups in total. The number of thioether (sulfide) groups is 1. The summed E-state index contributed by atoms with van der Waals surface area (Å²) < 4.78 is 5.35. The van der Waals surface area contributed by atoms with Crippen LogP contribution in [0.2, 0.25) is 0 Å². The maximum atomic E-state index is 12.1. The molecule has 0 heterocycles. The fourth-order valence-electron chi connectivity index (χ4n) is 2.94. The molecule has 5 heteroatoms. The van der Waals surface area contributed by atoms with Gasteiger partial charge in [-0.3, -0.25) is 0 Å². The summed E-state index contributed by atoms with van der Waals surface area (Å²) in [5, 5.41) is 13.4. The van der Waals surface area contributed by atoms with Crippen molar-refractivity contribution in [1.29, 1.82) is 0 Å². The van der Waals surface area contributed by atoms with Crippen LogP contribution >= 0.6 is 11.8 Å². The van der Waals surface area contributed by atoms with Gasteiger partial charge in [-0.2, -0.15) is 11.8 Å². The maximum absolute atomic E-state index is 12.1. The number of hydrogen-bond acceptors (Lipinski definition) is 4. The topological polar surface area (TPSA) is 58.6 Å². The molecule has 23 heavy (non-hydrogen) atoms. The molecule has 2 unspecified atom stereocenters. The fourth-order valence-corrected chi connectivity index (χ4v) is 3.72. The van der Waals surface area contributed by atoms with E-state index in [0.717, 1.165) is 12.2 Å². The number of ether oxygens (including phenoxy) is 1. The highest BCUT2D eigenvalue weighted by Gasteiger charge is 2.27. The molecule has 0 aliphatic heterocycles. The quantitative estimate of drug-likeness (QED) is 0.514. The van der Waals surface area contributed by atoms with Gasteiger partial charge in [-0.05, 0) is 33.1 Å². The predicted molar refractivity (Wildman–Crippen MR) is 97.9 cm³/mol. The normalized spacial score (nSPS) is 19.0. The Morgan fingerprint density at radius 2 is 2.04 bits per heavy atom. The summed E-state index contributed by atoms with van der Waals surface area (Å²) in [6, 6.07) is -0.245. The number of nitrogens with one attached hydrogen (secondary N) is 1. The molecule has 0 aromatic heterocycles. The van der Waals surface area contributed by atoms with Crippen molar-refractivity contribution in [2.24, 2.45) is 5.92 Å². The predicted octanol–water partition coefficient (Wildman–Crippen LogP) is 4.13. The first-order valence-electron chi connectivity index (χ1n) is 8.68. The molecule has 0 radical (unpaired) electrons. The van der Waals surface area contributed by atoms with Crippen molar-refractivity contribution in [2.45, 2.75) is 77.0 Å². The molecule has 0 saturated heterocycles. The zero-order valence-electron chi connectivity index (χ0n) is 14.8. The van der Waals surface area contributed by atoms with Crippen LogP contribution < -0.4 is 5.32 Å². The summed E-state index contributed by atoms with van der Waals surface area (Å²) >= 11 is 1.63. The number of carbonyl (C=O) groups excluding carboxylic acids is 1. The Morgan fingerprint density at radius 1 is 1.39 bits per heavy atom. The summed E-state index contributed by atoms with van der Waals surface area (Å²) in [5.74, 6) is 1.99. The van der Waals surface area contributed by atoms with Gasteiger partial charge in [-0.1, -0.05) is 38.2 Å². The molecular weight excluding hydrogens is 310 g/mol. The van der Waals surface area contributed by atoms with E-state index in [0.29, 0.717) is 11.7 Å². The highest BCUT2D eigenvalue weighted by atomic mass is 32.2. The van der Waals surface area contributed by atoms with Gasteiger partial charge in [0, 0.05) is 11.5 Å². The lowest BCUT2D eigenvalue weighted by atomic mass is 9.84. The zero-order chi connectivity index (χ0) is 17.3. The zero-order valence-corrected chi connectivity index (χ0v) is 15.7. The van der Waals surface area contributed by atoms with Crippen molar-refractivity contribution in [2.75, 3.05) is 11.5 Å². The number of carbonyl (C=O) groups is 1. The summed E-state index contributed by atoms with van der Waals surface area (Å²) in [5.41, 5.74) is -0.526. The van der Waals surface area contributed by atoms with Gasteiger partial charge in [-0.15, -0.1) is 6.58 Å². The second kappa shape index (κ2) is 10.2. The average molecular weight is 344 g/mol. The molecule has 0 aromatic rings. The standard InChI is InChI=1S/C18H33NO3S/c1-5-11-23-13-16(20)15(12-14-9-7-6-8-10-14)19-17(21)22-18(2,3)4/h5,14-16,20H,1,6-13H2,2-4H3,(H,19,21). The lowest BCUT2D eigenvalue weighted by molar-refractivity contribution is 0.0416. The van der Waals surface area contributed by atoms with Gasteiger partial charge in [-0.25, -0.2) is 4.79 Å². The first-order chi connectivity index (χ1) is 10.8. The van der Waals surface area contributed by atoms with Gasteiger partial charge in [0.1, 0.15) is 5.60 Å². The second-order valence-corrected chi connectivity index (χ2v) is 8.46. The van der Waals surface area contributed by atoms with Crippen molar-refractivity contribution >= 4 is 17.9 Å². The minimum absolute atomic E-state index is 0.245. The van der Waals surface area contributed by atoms with Gasteiger partial charge in [0.25, 0.3) is 0 Å². The van der Waals surface area contributed by atoms with Crippen LogP contribution in [0.4, 0.5) is 4.79 Å². The number of rotatable bonds is 8. The number of alkyl carbamates (subject to hydrolysis) is 1. The first-order valence-corrected chi connectivity index (χ1v) is 9.83. The van der Waals surface area contributed by atoms with Crippen LogP contribution in [0.15, 0.2) is 12.7 Å². The van der Waals surface area contributed by atoms with Crippen molar-refractivity contribution in [3.63, 3.8) is 0 Å². The van der Waals surface area contributed by atoms with Crippen LogP contribution in [0, 0.1) is 5.92 Å². The van der Waals surface area contributed by atoms with Gasteiger partial charge in [0.2, 0.25) is 0 Å². The van der Waals surface area contributed by atoms with Crippen LogP contribution in [0.5, 0.6) is 0 Å². The molecule has 1 aliphatic rings. The van der Waals surface area contributed by atoms with E-state index in [-0.39, 0.29) is 6.04 Å². The second-order valence-electron chi connectivity index (χ2n) is 7.39. The Hall–Kier alpha value is -0.680. The summed E-state index contributed by atoms with van der Waals surface area (Å²) in [4.78, 5) is 12.1. The highest BCUT2D eigenvalue weighted by molar-refractivity contribution is 7.99. The lowest BCUT2D eigenvalue weighted by Gasteiger charge is -2.31. The van der Waals surface area contributed by atoms with Crippen molar-refractivity contribution < 1.29 is 14.6 Å². The molecule has 2 atom stereocenters. The first kappa shape index (κ1) is 20.4. The molecule has 0 bridgehead atoms. The Morgan fingerprint density at radius 3 is 2.61 bits per heavy atom. The number of amides is 1. The Bertz CT molecular complexity index is 362. The lowest BCUT2D eigenvalue weighted by Crippen LogP contribution is -2.47. The van der Waals surface area contributed by atoms with Crippen LogP contribution in [0.1, 0.15) is 59.3 Å². The number of aliphatic hydroxyl groups excluding tert-OH is 1. The number of hydrogen-bond donors (Lipinski definition) is 2. The van der Waals surface area contributed by atoms with E-state index >= 15 is 0 Å². The summed E-state index contributed by atoms with van der Waals surface area (Å²) in [6.45, 7) is 9.23. The smallest absolute Gasteiger partial charge is 0.407 e. The average Bonchev–Trinajstić information content (AvgIpc) is 2.46. The molecule has 4 nitrogen and oxygen atoms in total. The van der Waals surface area contributed by atoms with Gasteiger partial charge >= 0.3 is 6.09 Å². The molecule has 1 amide bonds. The maximum Gasteiger partial charge on any atom is 0.407 e. The van der Waals surface area contributed by atoms with Crippen molar-refractivity contribution in [3.05, 3.63) is 12.7 Å². The van der Waals surface area contributed by atoms with Gasteiger partial charge in [0.15, 0.2) is 0 Å². The van der Waals surface area contributed by atoms with Crippen LogP contribution in [0.25, 0.3) is 0 Å². The van der Waals surface area contributed by atoms with E-state index in [1.54, 1.807) is 11.8 Å². The third kappa shape index (κ3) is 9.26. The molecule has 1 rings (SSSR count). The van der Waals surface area contributed by atoms with Gasteiger partial charge < -0.3 is 15.2 Å². The van der Waals surface area contributed by atoms with E-state index in [4.69, 9.17) is 4.74 Å². The molecular formula is C18H33NO3S. The highest BCUT2D eigenvalue weighted by Crippen LogP contribution is 2.28. The fraction of sp³-hybridized carbons (Fsp3) is 0.833. The molecule has 134 valence electrons. The molecule has 0 aromatic carbocycles. The minimum atomic E-state index is -0.561. The molecule has 1 fully saturated rings. The van der Waals surface area contributed by atoms with E-state index in [2.05, 4.69) is 11.9 Å². The third-order valence-electron chi connectivity index (χ3n) is 4.00. The van der Waals surface area contributed by atoms with Crippen molar-refractivity contribution in [3.8, 4) is 0 Å². The molecule has 1 saturated carbocycles. The van der Waals surface area contributed by atoms with E-state index in [1.165, 1.54) is 32.1 Å². The molecule has 0 spiro atoms. The van der Waals surface area contributed by atoms with E-state index in [1.807, 2.05) is 26.8 Å². The van der Waals surface area contributed by atoms with E-state index in [9.17, 15) is 9.90 Å². The van der Waals surface area contributed by atoms with Crippen molar-refractivity contribution in [1.82, 2.24) is 5.32 Å². The minimum Gasteiger partial charge on any atom is -0.444 e. The van der Waals surface area contributed by atoms with Crippen LogP contribution in [0.3, 0.4) is 0 Å². The Balaban J connectivity index is 2.58. The van der Waals surface area contributed by atoms with Crippen LogP contribution in [-0.2, 0) is 4.74 Å². The third-order valence-corrected chi connectivity index (χ3v) is 5.05. The number of aliphatic hydroxyl groups is 1. The largest absolute Gasteiger partial charge is 0.444 e. The monoisotopic (exact) mass is 343 g/mol.